The Balaban J connectivity index is 2.81. The van der Waals surface area contributed by atoms with Crippen molar-refractivity contribution in [3.63, 3.8) is 0 Å². The highest BCUT2D eigenvalue weighted by Crippen LogP contribution is 2.20. The zero-order chi connectivity index (χ0) is 14.6. The molecule has 0 radical (unpaired) electrons. The Kier molecular flexibility index (Phi) is 5.12. The van der Waals surface area contributed by atoms with Gasteiger partial charge < -0.3 is 10.6 Å². The molecule has 106 valence electrons. The summed E-state index contributed by atoms with van der Waals surface area (Å²) in [6, 6.07) is 7.77. The maximum absolute atomic E-state index is 12.4. The van der Waals surface area contributed by atoms with Crippen molar-refractivity contribution in [2.75, 3.05) is 6.54 Å². The number of benzene rings is 1. The second-order valence-corrected chi connectivity index (χ2v) is 6.19. The number of aryl methyl sites for hydroxylation is 1. The van der Waals surface area contributed by atoms with E-state index in [2.05, 4.69) is 19.1 Å². The first-order valence-corrected chi connectivity index (χ1v) is 6.85. The lowest BCUT2D eigenvalue weighted by Gasteiger charge is -2.31. The van der Waals surface area contributed by atoms with Crippen LogP contribution in [0.3, 0.4) is 0 Å². The van der Waals surface area contributed by atoms with Crippen molar-refractivity contribution in [1.29, 1.82) is 0 Å². The highest BCUT2D eigenvalue weighted by molar-refractivity contribution is 5.82. The lowest BCUT2D eigenvalue weighted by molar-refractivity contribution is -0.135. The molecule has 3 nitrogen and oxygen atoms in total. The van der Waals surface area contributed by atoms with Crippen molar-refractivity contribution in [3.8, 4) is 0 Å². The van der Waals surface area contributed by atoms with Crippen molar-refractivity contribution in [2.24, 2.45) is 11.1 Å². The van der Waals surface area contributed by atoms with Crippen LogP contribution in [-0.4, -0.2) is 23.4 Å². The third-order valence-corrected chi connectivity index (χ3v) is 3.35. The molecular formula is C16H26N2O. The van der Waals surface area contributed by atoms with Gasteiger partial charge in [-0.15, -0.1) is 0 Å². The maximum atomic E-state index is 12.4. The van der Waals surface area contributed by atoms with E-state index >= 15 is 0 Å². The molecule has 1 rings (SSSR count). The molecule has 3 heteroatoms. The smallest absolute Gasteiger partial charge is 0.240 e. The fourth-order valence-electron chi connectivity index (χ4n) is 1.94. The summed E-state index contributed by atoms with van der Waals surface area (Å²) in [5, 5.41) is 0. The van der Waals surface area contributed by atoms with Gasteiger partial charge in [-0.05, 0) is 24.8 Å². The molecule has 1 aromatic rings. The molecule has 1 atom stereocenters. The molecule has 0 saturated carbocycles. The Morgan fingerprint density at radius 3 is 2.47 bits per heavy atom. The van der Waals surface area contributed by atoms with E-state index in [0.717, 1.165) is 5.56 Å². The van der Waals surface area contributed by atoms with E-state index in [0.29, 0.717) is 13.1 Å². The maximum Gasteiger partial charge on any atom is 0.240 e. The summed E-state index contributed by atoms with van der Waals surface area (Å²) >= 11 is 0. The highest BCUT2D eigenvalue weighted by atomic mass is 16.2. The molecule has 0 aliphatic heterocycles. The van der Waals surface area contributed by atoms with Crippen LogP contribution in [0.5, 0.6) is 0 Å². The molecule has 19 heavy (non-hydrogen) atoms. The molecule has 1 amide bonds. The van der Waals surface area contributed by atoms with Crippen LogP contribution in [0.15, 0.2) is 24.3 Å². The van der Waals surface area contributed by atoms with Crippen LogP contribution in [0.2, 0.25) is 0 Å². The Hall–Kier alpha value is -1.35. The summed E-state index contributed by atoms with van der Waals surface area (Å²) in [4.78, 5) is 14.2. The second kappa shape index (κ2) is 6.20. The lowest BCUT2D eigenvalue weighted by atomic mass is 9.86. The first kappa shape index (κ1) is 15.7. The fourth-order valence-corrected chi connectivity index (χ4v) is 1.94. The average Bonchev–Trinajstić information content (AvgIpc) is 2.33. The summed E-state index contributed by atoms with van der Waals surface area (Å²) in [7, 11) is 0. The molecule has 1 aromatic carbocycles. The predicted molar refractivity (Wildman–Crippen MR) is 79.7 cm³/mol. The number of hydrogen-bond acceptors (Lipinski definition) is 2. The van der Waals surface area contributed by atoms with Gasteiger partial charge in [0.2, 0.25) is 5.91 Å². The van der Waals surface area contributed by atoms with E-state index in [9.17, 15) is 4.79 Å². The van der Waals surface area contributed by atoms with Crippen LogP contribution in [0.25, 0.3) is 0 Å². The van der Waals surface area contributed by atoms with Gasteiger partial charge in [-0.1, -0.05) is 50.6 Å². The minimum atomic E-state index is -0.461. The van der Waals surface area contributed by atoms with Crippen LogP contribution < -0.4 is 5.73 Å². The van der Waals surface area contributed by atoms with E-state index in [-0.39, 0.29) is 11.3 Å². The lowest BCUT2D eigenvalue weighted by Crippen LogP contribution is -2.50. The molecule has 0 bridgehead atoms. The van der Waals surface area contributed by atoms with Crippen molar-refractivity contribution in [3.05, 3.63) is 35.4 Å². The zero-order valence-electron chi connectivity index (χ0n) is 12.7. The molecular weight excluding hydrogens is 236 g/mol. The number of nitrogens with zero attached hydrogens (tertiary/aromatic N) is 1. The Labute approximate surface area is 116 Å². The SMILES string of the molecule is CCN(Cc1cccc(C)c1)C(=O)C(N)C(C)(C)C. The minimum absolute atomic E-state index is 0.0245. The summed E-state index contributed by atoms with van der Waals surface area (Å²) in [5.41, 5.74) is 8.21. The zero-order valence-corrected chi connectivity index (χ0v) is 12.7. The largest absolute Gasteiger partial charge is 0.337 e. The summed E-state index contributed by atoms with van der Waals surface area (Å²) in [6.45, 7) is 11.3. The monoisotopic (exact) mass is 262 g/mol. The Morgan fingerprint density at radius 1 is 1.37 bits per heavy atom. The number of carbonyl (C=O) groups is 1. The van der Waals surface area contributed by atoms with Crippen LogP contribution in [0, 0.1) is 12.3 Å². The van der Waals surface area contributed by atoms with Gasteiger partial charge in [-0.25, -0.2) is 0 Å². The van der Waals surface area contributed by atoms with E-state index in [1.807, 2.05) is 44.7 Å². The fraction of sp³-hybridized carbons (Fsp3) is 0.562. The molecule has 0 heterocycles. The van der Waals surface area contributed by atoms with Crippen molar-refractivity contribution < 1.29 is 4.79 Å². The molecule has 1 unspecified atom stereocenters. The quantitative estimate of drug-likeness (QED) is 0.907. The van der Waals surface area contributed by atoms with Crippen molar-refractivity contribution >= 4 is 5.91 Å². The van der Waals surface area contributed by atoms with Crippen LogP contribution in [-0.2, 0) is 11.3 Å². The third-order valence-electron chi connectivity index (χ3n) is 3.35. The molecule has 0 saturated heterocycles. The van der Waals surface area contributed by atoms with Gasteiger partial charge in [-0.3, -0.25) is 4.79 Å². The van der Waals surface area contributed by atoms with E-state index < -0.39 is 6.04 Å². The standard InChI is InChI=1S/C16H26N2O/c1-6-18(15(19)14(17)16(3,4)5)11-13-9-7-8-12(2)10-13/h7-10,14H,6,11,17H2,1-5H3. The summed E-state index contributed by atoms with van der Waals surface area (Å²) in [6.07, 6.45) is 0. The highest BCUT2D eigenvalue weighted by Gasteiger charge is 2.30. The first-order valence-electron chi connectivity index (χ1n) is 6.85. The number of likely N-dealkylation sites (N-methyl/N-ethyl adjacent to an activating group) is 1. The average molecular weight is 262 g/mol. The molecule has 0 fully saturated rings. The Bertz CT molecular complexity index is 435. The third kappa shape index (κ3) is 4.35. The molecule has 2 N–H and O–H groups in total. The number of carbonyl (C=O) groups excluding carboxylic acids is 1. The van der Waals surface area contributed by atoms with Crippen LogP contribution in [0.4, 0.5) is 0 Å². The summed E-state index contributed by atoms with van der Waals surface area (Å²) < 4.78 is 0. The Morgan fingerprint density at radius 2 is 2.00 bits per heavy atom. The first-order chi connectivity index (χ1) is 8.75. The molecule has 0 aromatic heterocycles. The number of nitrogens with two attached hydrogens (primary N) is 1. The van der Waals surface area contributed by atoms with Gasteiger partial charge in [0.25, 0.3) is 0 Å². The number of amides is 1. The molecule has 0 spiro atoms. The van der Waals surface area contributed by atoms with Gasteiger partial charge >= 0.3 is 0 Å². The topological polar surface area (TPSA) is 46.3 Å². The number of rotatable bonds is 4. The van der Waals surface area contributed by atoms with Crippen molar-refractivity contribution in [2.45, 2.75) is 47.2 Å². The normalized spacial score (nSPS) is 13.2. The minimum Gasteiger partial charge on any atom is -0.337 e. The van der Waals surface area contributed by atoms with Crippen LogP contribution >= 0.6 is 0 Å². The summed E-state index contributed by atoms with van der Waals surface area (Å²) in [5.74, 6) is 0.0245. The van der Waals surface area contributed by atoms with E-state index in [1.165, 1.54) is 5.56 Å². The van der Waals surface area contributed by atoms with Crippen LogP contribution in [0.1, 0.15) is 38.8 Å². The molecule has 0 aliphatic rings. The van der Waals surface area contributed by atoms with E-state index in [4.69, 9.17) is 5.73 Å². The van der Waals surface area contributed by atoms with Crippen molar-refractivity contribution in [1.82, 2.24) is 4.90 Å². The van der Waals surface area contributed by atoms with Gasteiger partial charge in [0.15, 0.2) is 0 Å². The van der Waals surface area contributed by atoms with Gasteiger partial charge in [-0.2, -0.15) is 0 Å². The predicted octanol–water partition coefficient (Wildman–Crippen LogP) is 2.72. The second-order valence-electron chi connectivity index (χ2n) is 6.19. The van der Waals surface area contributed by atoms with E-state index in [1.54, 1.807) is 0 Å². The van der Waals surface area contributed by atoms with Gasteiger partial charge in [0.1, 0.15) is 0 Å². The van der Waals surface area contributed by atoms with Gasteiger partial charge in [0.05, 0.1) is 6.04 Å². The number of hydrogen-bond donors (Lipinski definition) is 1. The van der Waals surface area contributed by atoms with Gasteiger partial charge in [0, 0.05) is 13.1 Å². The molecule has 0 aliphatic carbocycles.